The number of amides is 2. The maximum Gasteiger partial charge on any atom is 0.283 e. The van der Waals surface area contributed by atoms with Gasteiger partial charge in [0, 0.05) is 6.20 Å². The molecule has 1 rings (SSSR count). The standard InChI is InChI=1S/C6H7N3O.CH4N2O/c7-9-6(10)5-3-1-2-4-8-5;2-3-1-4/h1-4H,7H2,(H,9,10);1H,2H2,(H,3,4). The Balaban J connectivity index is 0.000000364. The molecule has 0 unspecified atom stereocenters. The third-order valence-corrected chi connectivity index (χ3v) is 1.10. The van der Waals surface area contributed by atoms with E-state index < -0.39 is 0 Å². The summed E-state index contributed by atoms with van der Waals surface area (Å²) >= 11 is 0. The molecule has 0 radical (unpaired) electrons. The van der Waals surface area contributed by atoms with Crippen LogP contribution in [0.5, 0.6) is 0 Å². The molecule has 0 aliphatic carbocycles. The zero-order valence-electron chi connectivity index (χ0n) is 7.31. The van der Waals surface area contributed by atoms with Gasteiger partial charge >= 0.3 is 0 Å². The molecular formula is C7H11N5O2. The first-order valence-electron chi connectivity index (χ1n) is 3.58. The summed E-state index contributed by atoms with van der Waals surface area (Å²) in [4.78, 5) is 23.4. The fourth-order valence-electron chi connectivity index (χ4n) is 0.571. The zero-order chi connectivity index (χ0) is 10.8. The van der Waals surface area contributed by atoms with E-state index in [0.29, 0.717) is 12.1 Å². The first-order valence-corrected chi connectivity index (χ1v) is 3.58. The minimum absolute atomic E-state index is 0.324. The monoisotopic (exact) mass is 197 g/mol. The maximum atomic E-state index is 10.7. The van der Waals surface area contributed by atoms with Crippen molar-refractivity contribution in [3.63, 3.8) is 0 Å². The van der Waals surface area contributed by atoms with Gasteiger partial charge in [-0.25, -0.2) is 11.7 Å². The van der Waals surface area contributed by atoms with Gasteiger partial charge in [-0.3, -0.25) is 25.4 Å². The number of carbonyl (C=O) groups is 2. The van der Waals surface area contributed by atoms with Crippen molar-refractivity contribution in [2.75, 3.05) is 0 Å². The van der Waals surface area contributed by atoms with E-state index in [-0.39, 0.29) is 5.91 Å². The molecule has 0 aliphatic heterocycles. The van der Waals surface area contributed by atoms with E-state index in [4.69, 9.17) is 10.6 Å². The molecule has 0 bridgehead atoms. The van der Waals surface area contributed by atoms with Crippen LogP contribution in [0, 0.1) is 0 Å². The van der Waals surface area contributed by atoms with Crippen molar-refractivity contribution >= 4 is 12.3 Å². The molecule has 7 nitrogen and oxygen atoms in total. The second-order valence-electron chi connectivity index (χ2n) is 1.97. The summed E-state index contributed by atoms with van der Waals surface area (Å²) in [5.41, 5.74) is 4.05. The number of carbonyl (C=O) groups excluding carboxylic acids is 2. The second kappa shape index (κ2) is 7.65. The zero-order valence-corrected chi connectivity index (χ0v) is 7.31. The normalized spacial score (nSPS) is 7.86. The third kappa shape index (κ3) is 4.80. The van der Waals surface area contributed by atoms with Crippen LogP contribution in [0.4, 0.5) is 0 Å². The molecule has 0 saturated heterocycles. The van der Waals surface area contributed by atoms with E-state index in [0.717, 1.165) is 0 Å². The number of hydrogen-bond acceptors (Lipinski definition) is 5. The first kappa shape index (κ1) is 12.0. The van der Waals surface area contributed by atoms with Crippen LogP contribution in [-0.4, -0.2) is 17.3 Å². The Labute approximate surface area is 80.4 Å². The van der Waals surface area contributed by atoms with E-state index in [9.17, 15) is 4.79 Å². The van der Waals surface area contributed by atoms with Gasteiger partial charge in [0.2, 0.25) is 6.41 Å². The van der Waals surface area contributed by atoms with Gasteiger partial charge < -0.3 is 0 Å². The van der Waals surface area contributed by atoms with Crippen LogP contribution in [-0.2, 0) is 4.79 Å². The molecule has 7 heteroatoms. The highest BCUT2D eigenvalue weighted by Crippen LogP contribution is 1.90. The van der Waals surface area contributed by atoms with Gasteiger partial charge in [0.05, 0.1) is 0 Å². The second-order valence-corrected chi connectivity index (χ2v) is 1.97. The molecule has 1 aromatic heterocycles. The fraction of sp³-hybridized carbons (Fsp3) is 0. The van der Waals surface area contributed by atoms with E-state index in [1.54, 1.807) is 23.6 Å². The van der Waals surface area contributed by atoms with E-state index in [1.807, 2.05) is 5.43 Å². The molecule has 0 spiro atoms. The number of nitrogens with one attached hydrogen (secondary N) is 2. The summed E-state index contributed by atoms with van der Waals surface area (Å²) < 4.78 is 0. The van der Waals surface area contributed by atoms with Crippen molar-refractivity contribution in [1.29, 1.82) is 0 Å². The van der Waals surface area contributed by atoms with Crippen LogP contribution in [0.15, 0.2) is 24.4 Å². The van der Waals surface area contributed by atoms with Crippen molar-refractivity contribution in [3.8, 4) is 0 Å². The minimum Gasteiger partial charge on any atom is -0.297 e. The molecule has 0 atom stereocenters. The average molecular weight is 197 g/mol. The Bertz CT molecular complexity index is 277. The molecule has 14 heavy (non-hydrogen) atoms. The summed E-state index contributed by atoms with van der Waals surface area (Å²) in [5, 5.41) is 0. The lowest BCUT2D eigenvalue weighted by molar-refractivity contribution is -0.109. The summed E-state index contributed by atoms with van der Waals surface area (Å²) in [5.74, 6) is 8.90. The minimum atomic E-state index is -0.374. The highest BCUT2D eigenvalue weighted by molar-refractivity contribution is 5.91. The lowest BCUT2D eigenvalue weighted by Crippen LogP contribution is -2.30. The molecule has 0 fully saturated rings. The lowest BCUT2D eigenvalue weighted by Gasteiger charge is -1.94. The van der Waals surface area contributed by atoms with E-state index in [1.165, 1.54) is 6.20 Å². The number of nitrogens with zero attached hydrogens (tertiary/aromatic N) is 1. The molecule has 6 N–H and O–H groups in total. The number of nitrogen functional groups attached to an aromatic ring is 1. The number of nitrogens with two attached hydrogens (primary N) is 2. The van der Waals surface area contributed by atoms with Crippen molar-refractivity contribution in [1.82, 2.24) is 15.8 Å². The first-order chi connectivity index (χ1) is 6.76. The Kier molecular flexibility index (Phi) is 6.56. The molecular weight excluding hydrogens is 186 g/mol. The summed E-state index contributed by atoms with van der Waals surface area (Å²) in [6, 6.07) is 5.03. The van der Waals surface area contributed by atoms with Gasteiger partial charge in [-0.15, -0.1) is 0 Å². The van der Waals surface area contributed by atoms with Gasteiger partial charge in [0.15, 0.2) is 0 Å². The van der Waals surface area contributed by atoms with Crippen LogP contribution < -0.4 is 22.5 Å². The Hall–Kier alpha value is -1.99. The van der Waals surface area contributed by atoms with Crippen molar-refractivity contribution in [2.24, 2.45) is 11.7 Å². The smallest absolute Gasteiger partial charge is 0.283 e. The number of aromatic nitrogens is 1. The van der Waals surface area contributed by atoms with Crippen LogP contribution in [0.1, 0.15) is 10.5 Å². The quantitative estimate of drug-likeness (QED) is 0.194. The highest BCUT2D eigenvalue weighted by Gasteiger charge is 2.00. The summed E-state index contributed by atoms with van der Waals surface area (Å²) in [6.07, 6.45) is 1.94. The maximum absolute atomic E-state index is 10.7. The van der Waals surface area contributed by atoms with Crippen LogP contribution >= 0.6 is 0 Å². The van der Waals surface area contributed by atoms with Gasteiger partial charge in [-0.05, 0) is 12.1 Å². The van der Waals surface area contributed by atoms with Crippen molar-refractivity contribution in [2.45, 2.75) is 0 Å². The van der Waals surface area contributed by atoms with Crippen molar-refractivity contribution < 1.29 is 9.59 Å². The van der Waals surface area contributed by atoms with Crippen LogP contribution in [0.25, 0.3) is 0 Å². The molecule has 2 amide bonds. The van der Waals surface area contributed by atoms with Crippen molar-refractivity contribution in [3.05, 3.63) is 30.1 Å². The Morgan fingerprint density at radius 3 is 2.43 bits per heavy atom. The molecule has 1 aromatic rings. The van der Waals surface area contributed by atoms with Gasteiger partial charge in [0.25, 0.3) is 5.91 Å². The lowest BCUT2D eigenvalue weighted by atomic mass is 10.3. The van der Waals surface area contributed by atoms with Gasteiger partial charge in [-0.1, -0.05) is 6.07 Å². The number of hydrogen-bond donors (Lipinski definition) is 4. The molecule has 1 heterocycles. The largest absolute Gasteiger partial charge is 0.297 e. The number of rotatable bonds is 2. The number of hydrazine groups is 2. The predicted molar refractivity (Wildman–Crippen MR) is 49.3 cm³/mol. The molecule has 0 aromatic carbocycles. The SMILES string of the molecule is NNC(=O)c1ccccn1.NNC=O. The predicted octanol–water partition coefficient (Wildman–Crippen LogP) is -1.71. The average Bonchev–Trinajstić information content (AvgIpc) is 2.29. The third-order valence-electron chi connectivity index (χ3n) is 1.10. The Morgan fingerprint density at radius 2 is 2.07 bits per heavy atom. The fourth-order valence-corrected chi connectivity index (χ4v) is 0.571. The van der Waals surface area contributed by atoms with E-state index >= 15 is 0 Å². The molecule has 76 valence electrons. The van der Waals surface area contributed by atoms with E-state index in [2.05, 4.69) is 10.8 Å². The summed E-state index contributed by atoms with van der Waals surface area (Å²) in [6.45, 7) is 0. The summed E-state index contributed by atoms with van der Waals surface area (Å²) in [7, 11) is 0. The van der Waals surface area contributed by atoms with Gasteiger partial charge in [0.1, 0.15) is 5.69 Å². The Morgan fingerprint density at radius 1 is 1.43 bits per heavy atom. The topological polar surface area (TPSA) is 123 Å². The van der Waals surface area contributed by atoms with Crippen LogP contribution in [0.2, 0.25) is 0 Å². The highest BCUT2D eigenvalue weighted by atomic mass is 16.2. The van der Waals surface area contributed by atoms with Gasteiger partial charge in [-0.2, -0.15) is 0 Å². The molecule has 0 aliphatic rings. The molecule has 0 saturated carbocycles. The van der Waals surface area contributed by atoms with Crippen LogP contribution in [0.3, 0.4) is 0 Å². The number of pyridine rings is 1.